The molecule has 0 N–H and O–H groups in total. The molecule has 2 heteroatoms. The van der Waals surface area contributed by atoms with Gasteiger partial charge in [-0.25, -0.2) is 0 Å². The van der Waals surface area contributed by atoms with Crippen LogP contribution >= 0.6 is 0 Å². The first-order valence-electron chi connectivity index (χ1n) is 4.28. The first-order valence-corrected chi connectivity index (χ1v) is 4.28. The highest BCUT2D eigenvalue weighted by Gasteiger charge is 2.45. The number of nitrogens with zero attached hydrogens (tertiary/aromatic N) is 1. The molecule has 1 aliphatic rings. The van der Waals surface area contributed by atoms with Crippen LogP contribution in [0, 0.1) is 11.3 Å². The van der Waals surface area contributed by atoms with Crippen molar-refractivity contribution in [2.24, 2.45) is 0 Å². The van der Waals surface area contributed by atoms with E-state index in [0.717, 1.165) is 24.7 Å². The van der Waals surface area contributed by atoms with Crippen LogP contribution in [0.5, 0.6) is 0 Å². The normalized spacial score (nSPS) is 17.5. The molecular weight excluding hydrogens is 162 g/mol. The predicted molar refractivity (Wildman–Crippen MR) is 48.1 cm³/mol. The molecule has 0 aromatic heterocycles. The van der Waals surface area contributed by atoms with E-state index in [1.165, 1.54) is 0 Å². The predicted octanol–water partition coefficient (Wildman–Crippen LogP) is 1.79. The number of aldehydes is 1. The van der Waals surface area contributed by atoms with Crippen LogP contribution in [-0.2, 0) is 10.2 Å². The van der Waals surface area contributed by atoms with Crippen molar-refractivity contribution in [3.63, 3.8) is 0 Å². The molecule has 0 heterocycles. The summed E-state index contributed by atoms with van der Waals surface area (Å²) in [6, 6.07) is 9.45. The molecule has 0 spiro atoms. The standard InChI is InChI=1S/C11H9NO/c12-7-9-3-1-2-4-10(9)11(8-13)5-6-11/h1-4,8H,5-6H2. The fourth-order valence-corrected chi connectivity index (χ4v) is 1.60. The van der Waals surface area contributed by atoms with Crippen LogP contribution in [0.25, 0.3) is 0 Å². The number of carbonyl (C=O) groups is 1. The van der Waals surface area contributed by atoms with Gasteiger partial charge in [-0.1, -0.05) is 18.2 Å². The lowest BCUT2D eigenvalue weighted by molar-refractivity contribution is -0.109. The van der Waals surface area contributed by atoms with Crippen LogP contribution in [0.4, 0.5) is 0 Å². The van der Waals surface area contributed by atoms with Gasteiger partial charge in [-0.05, 0) is 24.5 Å². The van der Waals surface area contributed by atoms with Crippen molar-refractivity contribution in [2.45, 2.75) is 18.3 Å². The number of hydrogen-bond acceptors (Lipinski definition) is 2. The molecule has 2 rings (SSSR count). The van der Waals surface area contributed by atoms with Gasteiger partial charge in [-0.2, -0.15) is 5.26 Å². The Morgan fingerprint density at radius 3 is 2.62 bits per heavy atom. The summed E-state index contributed by atoms with van der Waals surface area (Å²) < 4.78 is 0. The molecule has 1 saturated carbocycles. The highest BCUT2D eigenvalue weighted by atomic mass is 16.1. The topological polar surface area (TPSA) is 40.9 Å². The second kappa shape index (κ2) is 2.70. The first kappa shape index (κ1) is 8.00. The zero-order valence-corrected chi connectivity index (χ0v) is 7.16. The van der Waals surface area contributed by atoms with Crippen molar-refractivity contribution in [2.75, 3.05) is 0 Å². The number of hydrogen-bond donors (Lipinski definition) is 0. The van der Waals surface area contributed by atoms with Gasteiger partial charge in [0.15, 0.2) is 0 Å². The first-order chi connectivity index (χ1) is 6.32. The Balaban J connectivity index is 2.52. The monoisotopic (exact) mass is 171 g/mol. The minimum atomic E-state index is -0.327. The van der Waals surface area contributed by atoms with Crippen LogP contribution < -0.4 is 0 Å². The third-order valence-electron chi connectivity index (χ3n) is 2.60. The third kappa shape index (κ3) is 1.13. The summed E-state index contributed by atoms with van der Waals surface area (Å²) in [5, 5.41) is 8.84. The number of carbonyl (C=O) groups excluding carboxylic acids is 1. The Morgan fingerprint density at radius 1 is 1.38 bits per heavy atom. The highest BCUT2D eigenvalue weighted by Crippen LogP contribution is 2.47. The fraction of sp³-hybridized carbons (Fsp3) is 0.273. The third-order valence-corrected chi connectivity index (χ3v) is 2.60. The number of nitriles is 1. The molecule has 0 bridgehead atoms. The van der Waals surface area contributed by atoms with E-state index < -0.39 is 0 Å². The summed E-state index contributed by atoms with van der Waals surface area (Å²) in [5.41, 5.74) is 1.20. The van der Waals surface area contributed by atoms with E-state index in [0.29, 0.717) is 5.56 Å². The quantitative estimate of drug-likeness (QED) is 0.636. The lowest BCUT2D eigenvalue weighted by Crippen LogP contribution is -2.09. The summed E-state index contributed by atoms with van der Waals surface area (Å²) in [6.07, 6.45) is 2.74. The van der Waals surface area contributed by atoms with E-state index in [1.54, 1.807) is 6.07 Å². The minimum absolute atomic E-state index is 0.327. The molecular formula is C11H9NO. The lowest BCUT2D eigenvalue weighted by atomic mass is 9.93. The largest absolute Gasteiger partial charge is 0.302 e. The van der Waals surface area contributed by atoms with Crippen molar-refractivity contribution < 1.29 is 4.79 Å². The molecule has 0 saturated heterocycles. The van der Waals surface area contributed by atoms with Gasteiger partial charge >= 0.3 is 0 Å². The van der Waals surface area contributed by atoms with Crippen molar-refractivity contribution in [3.05, 3.63) is 35.4 Å². The summed E-state index contributed by atoms with van der Waals surface area (Å²) in [5.74, 6) is 0. The molecule has 0 aliphatic heterocycles. The SMILES string of the molecule is N#Cc1ccccc1C1(C=O)CC1. The summed E-state index contributed by atoms with van der Waals surface area (Å²) in [4.78, 5) is 10.8. The Labute approximate surface area is 76.8 Å². The maximum Gasteiger partial charge on any atom is 0.130 e. The number of rotatable bonds is 2. The summed E-state index contributed by atoms with van der Waals surface area (Å²) >= 11 is 0. The van der Waals surface area contributed by atoms with E-state index in [2.05, 4.69) is 6.07 Å². The van der Waals surface area contributed by atoms with Crippen LogP contribution in [0.3, 0.4) is 0 Å². The van der Waals surface area contributed by atoms with Crippen LogP contribution in [0.2, 0.25) is 0 Å². The molecule has 1 aromatic rings. The highest BCUT2D eigenvalue weighted by molar-refractivity contribution is 5.74. The molecule has 0 amide bonds. The number of benzene rings is 1. The van der Waals surface area contributed by atoms with Crippen LogP contribution in [0.1, 0.15) is 24.0 Å². The van der Waals surface area contributed by atoms with Gasteiger partial charge in [-0.3, -0.25) is 0 Å². The van der Waals surface area contributed by atoms with Crippen molar-refractivity contribution in [1.29, 1.82) is 5.26 Å². The van der Waals surface area contributed by atoms with Crippen LogP contribution in [-0.4, -0.2) is 6.29 Å². The van der Waals surface area contributed by atoms with Crippen molar-refractivity contribution >= 4 is 6.29 Å². The van der Waals surface area contributed by atoms with E-state index in [1.807, 2.05) is 18.2 Å². The lowest BCUT2D eigenvalue weighted by Gasteiger charge is -2.08. The summed E-state index contributed by atoms with van der Waals surface area (Å²) in [7, 11) is 0. The van der Waals surface area contributed by atoms with Gasteiger partial charge in [0.05, 0.1) is 17.0 Å². The second-order valence-corrected chi connectivity index (χ2v) is 3.43. The molecule has 2 nitrogen and oxygen atoms in total. The smallest absolute Gasteiger partial charge is 0.130 e. The molecule has 0 radical (unpaired) electrons. The maximum absolute atomic E-state index is 10.8. The van der Waals surface area contributed by atoms with Gasteiger partial charge < -0.3 is 4.79 Å². The average Bonchev–Trinajstić information content (AvgIpc) is 2.98. The zero-order chi connectivity index (χ0) is 9.31. The maximum atomic E-state index is 10.8. The molecule has 13 heavy (non-hydrogen) atoms. The van der Waals surface area contributed by atoms with Gasteiger partial charge in [0.2, 0.25) is 0 Å². The van der Waals surface area contributed by atoms with E-state index in [4.69, 9.17) is 5.26 Å². The Kier molecular flexibility index (Phi) is 1.66. The minimum Gasteiger partial charge on any atom is -0.302 e. The Hall–Kier alpha value is -1.62. The van der Waals surface area contributed by atoms with Crippen molar-refractivity contribution in [3.8, 4) is 6.07 Å². The fourth-order valence-electron chi connectivity index (χ4n) is 1.60. The van der Waals surface area contributed by atoms with E-state index in [-0.39, 0.29) is 5.41 Å². The zero-order valence-electron chi connectivity index (χ0n) is 7.16. The molecule has 64 valence electrons. The molecule has 0 unspecified atom stereocenters. The molecule has 1 aliphatic carbocycles. The Morgan fingerprint density at radius 2 is 2.08 bits per heavy atom. The van der Waals surface area contributed by atoms with Gasteiger partial charge in [0.1, 0.15) is 6.29 Å². The van der Waals surface area contributed by atoms with Gasteiger partial charge in [-0.15, -0.1) is 0 Å². The van der Waals surface area contributed by atoms with Crippen molar-refractivity contribution in [1.82, 2.24) is 0 Å². The second-order valence-electron chi connectivity index (χ2n) is 3.43. The van der Waals surface area contributed by atoms with Crippen LogP contribution in [0.15, 0.2) is 24.3 Å². The molecule has 1 fully saturated rings. The average molecular weight is 171 g/mol. The molecule has 0 atom stereocenters. The summed E-state index contributed by atoms with van der Waals surface area (Å²) in [6.45, 7) is 0. The van der Waals surface area contributed by atoms with Gasteiger partial charge in [0.25, 0.3) is 0 Å². The Bertz CT molecular complexity index is 385. The van der Waals surface area contributed by atoms with Gasteiger partial charge in [0, 0.05) is 0 Å². The van der Waals surface area contributed by atoms with E-state index >= 15 is 0 Å². The van der Waals surface area contributed by atoms with E-state index in [9.17, 15) is 4.79 Å². The molecule has 1 aromatic carbocycles.